The highest BCUT2D eigenvalue weighted by Crippen LogP contribution is 2.72. The maximum atomic E-state index is 14.4. The van der Waals surface area contributed by atoms with Crippen LogP contribution in [0.15, 0.2) is 23.3 Å². The van der Waals surface area contributed by atoms with Gasteiger partial charge in [-0.1, -0.05) is 46.3 Å². The van der Waals surface area contributed by atoms with Gasteiger partial charge in [-0.2, -0.15) is 5.26 Å². The summed E-state index contributed by atoms with van der Waals surface area (Å²) in [5.41, 5.74) is -2.74. The van der Waals surface area contributed by atoms with Gasteiger partial charge < -0.3 is 15.2 Å². The molecule has 1 unspecified atom stereocenters. The van der Waals surface area contributed by atoms with Crippen LogP contribution in [-0.4, -0.2) is 41.0 Å². The second kappa shape index (κ2) is 8.03. The number of nitriles is 1. The lowest BCUT2D eigenvalue weighted by atomic mass is 9.35. The monoisotopic (exact) mass is 522 g/mol. The number of carbonyl (C=O) groups is 3. The molecule has 5 aliphatic rings. The molecule has 3 saturated carbocycles. The van der Waals surface area contributed by atoms with E-state index in [2.05, 4.69) is 33.0 Å². The number of ether oxygens (including phenoxy) is 1. The number of methoxy groups -OCH3 is 1. The minimum atomic E-state index is -1.67. The van der Waals surface area contributed by atoms with Crippen molar-refractivity contribution in [2.75, 3.05) is 7.11 Å². The Labute approximate surface area is 226 Å². The van der Waals surface area contributed by atoms with E-state index in [0.29, 0.717) is 6.42 Å². The van der Waals surface area contributed by atoms with Crippen molar-refractivity contribution < 1.29 is 24.2 Å². The molecule has 0 aromatic carbocycles. The van der Waals surface area contributed by atoms with Gasteiger partial charge >= 0.3 is 6.09 Å². The molecule has 0 bridgehead atoms. The van der Waals surface area contributed by atoms with Gasteiger partial charge in [-0.25, -0.2) is 4.79 Å². The van der Waals surface area contributed by atoms with Crippen LogP contribution < -0.4 is 5.32 Å². The quantitative estimate of drug-likeness (QED) is 0.498. The van der Waals surface area contributed by atoms with E-state index in [-0.39, 0.29) is 39.4 Å². The van der Waals surface area contributed by atoms with Crippen molar-refractivity contribution in [1.29, 1.82) is 5.26 Å². The molecule has 8 atom stereocenters. The predicted molar refractivity (Wildman–Crippen MR) is 142 cm³/mol. The normalized spacial score (nSPS) is 47.2. The molecule has 38 heavy (non-hydrogen) atoms. The van der Waals surface area contributed by atoms with E-state index in [1.54, 1.807) is 12.2 Å². The Morgan fingerprint density at radius 1 is 1.08 bits per heavy atom. The van der Waals surface area contributed by atoms with Crippen LogP contribution in [0.3, 0.4) is 0 Å². The maximum absolute atomic E-state index is 14.4. The van der Waals surface area contributed by atoms with Crippen LogP contribution in [-0.2, 0) is 14.3 Å². The highest BCUT2D eigenvalue weighted by molar-refractivity contribution is 6.06. The minimum Gasteiger partial charge on any atom is -0.453 e. The fourth-order valence-corrected chi connectivity index (χ4v) is 9.78. The summed E-state index contributed by atoms with van der Waals surface area (Å²) in [7, 11) is 1.38. The van der Waals surface area contributed by atoms with Crippen LogP contribution in [0.5, 0.6) is 0 Å². The van der Waals surface area contributed by atoms with Crippen LogP contribution >= 0.6 is 0 Å². The van der Waals surface area contributed by atoms with Crippen LogP contribution in [0.4, 0.5) is 4.79 Å². The first kappa shape index (κ1) is 27.1. The summed E-state index contributed by atoms with van der Waals surface area (Å²) in [6.07, 6.45) is 8.59. The Kier molecular flexibility index (Phi) is 5.73. The Bertz CT molecular complexity index is 1220. The van der Waals surface area contributed by atoms with Gasteiger partial charge in [0.15, 0.2) is 5.78 Å². The van der Waals surface area contributed by atoms with Gasteiger partial charge in [-0.15, -0.1) is 0 Å². The number of ketones is 2. The SMILES string of the molecule is COC(=O)N[C@]12CCC(C)(C)CC1[C@@H]1C(=O)C=C3[C@@]4(C)C=C(C#N)C(=O)[C@@](C)(O)[C@@H]4CC[C@@]3(C)[C@]1(C)CC2. The lowest BCUT2D eigenvalue weighted by molar-refractivity contribution is -0.166. The van der Waals surface area contributed by atoms with E-state index in [1.807, 2.05) is 13.0 Å². The molecular formula is C31H42N2O5. The van der Waals surface area contributed by atoms with Gasteiger partial charge in [0.2, 0.25) is 5.78 Å². The largest absolute Gasteiger partial charge is 0.453 e. The lowest BCUT2D eigenvalue weighted by Gasteiger charge is -2.69. The standard InChI is InChI=1S/C31H42N2O5/c1-26(2)10-12-31(33-25(36)38-7)13-11-29(5)23(19(31)16-26)20(34)14-22-27(3)15-18(17-32)24(35)30(6,37)21(27)8-9-28(22,29)4/h14-15,19,21,23,37H,8-13,16H2,1-7H3,(H,33,36)/t19?,21-,23-,27+,28-,29-,30+,31+/m1/s1. The minimum absolute atomic E-state index is 0.0296. The topological polar surface area (TPSA) is 116 Å². The van der Waals surface area contributed by atoms with Gasteiger partial charge in [0, 0.05) is 22.8 Å². The number of nitrogens with one attached hydrogen (secondary N) is 1. The van der Waals surface area contributed by atoms with E-state index in [4.69, 9.17) is 4.74 Å². The molecule has 0 aromatic rings. The average molecular weight is 523 g/mol. The van der Waals surface area contributed by atoms with E-state index < -0.39 is 34.3 Å². The van der Waals surface area contributed by atoms with Crippen LogP contribution in [0.2, 0.25) is 0 Å². The highest BCUT2D eigenvalue weighted by Gasteiger charge is 2.70. The molecule has 3 fully saturated rings. The number of Topliss-reactive ketones (excluding diaryl/α,β-unsaturated/α-hetero) is 1. The lowest BCUT2D eigenvalue weighted by Crippen LogP contribution is -2.70. The highest BCUT2D eigenvalue weighted by atomic mass is 16.5. The number of hydrogen-bond acceptors (Lipinski definition) is 6. The molecule has 1 amide bonds. The van der Waals surface area contributed by atoms with Crippen LogP contribution in [0, 0.1) is 50.7 Å². The molecule has 5 aliphatic carbocycles. The first-order chi connectivity index (χ1) is 17.5. The molecule has 2 N–H and O–H groups in total. The molecular weight excluding hydrogens is 480 g/mol. The fourth-order valence-electron chi connectivity index (χ4n) is 9.78. The fraction of sp³-hybridized carbons (Fsp3) is 0.742. The third-order valence-electron chi connectivity index (χ3n) is 12.1. The number of nitrogens with zero attached hydrogens (tertiary/aromatic N) is 1. The number of amides is 1. The van der Waals surface area contributed by atoms with E-state index in [9.17, 15) is 24.8 Å². The van der Waals surface area contributed by atoms with Crippen LogP contribution in [0.25, 0.3) is 0 Å². The Morgan fingerprint density at radius 3 is 2.37 bits per heavy atom. The van der Waals surface area contributed by atoms with E-state index in [1.165, 1.54) is 14.0 Å². The van der Waals surface area contributed by atoms with Crippen LogP contribution in [0.1, 0.15) is 86.5 Å². The zero-order valence-electron chi connectivity index (χ0n) is 23.9. The first-order valence-corrected chi connectivity index (χ1v) is 14.0. The summed E-state index contributed by atoms with van der Waals surface area (Å²) in [4.78, 5) is 39.9. The van der Waals surface area contributed by atoms with E-state index in [0.717, 1.165) is 44.1 Å². The summed E-state index contributed by atoms with van der Waals surface area (Å²) in [5, 5.41) is 24.4. The summed E-state index contributed by atoms with van der Waals surface area (Å²) in [6, 6.07) is 2.01. The number of allylic oxidation sites excluding steroid dienone is 3. The second-order valence-corrected chi connectivity index (χ2v) is 14.5. The smallest absolute Gasteiger partial charge is 0.407 e. The first-order valence-electron chi connectivity index (χ1n) is 14.0. The van der Waals surface area contributed by atoms with Gasteiger partial charge in [-0.3, -0.25) is 9.59 Å². The third kappa shape index (κ3) is 3.31. The number of carbonyl (C=O) groups excluding carboxylic acids is 3. The molecule has 0 radical (unpaired) electrons. The van der Waals surface area contributed by atoms with Gasteiger partial charge in [0.05, 0.1) is 12.7 Å². The summed E-state index contributed by atoms with van der Waals surface area (Å²) in [6.45, 7) is 12.5. The summed E-state index contributed by atoms with van der Waals surface area (Å²) >= 11 is 0. The molecule has 0 aliphatic heterocycles. The van der Waals surface area contributed by atoms with Gasteiger partial charge in [-0.05, 0) is 80.1 Å². The van der Waals surface area contributed by atoms with Crippen molar-refractivity contribution >= 4 is 17.7 Å². The molecule has 7 heteroatoms. The van der Waals surface area contributed by atoms with Crippen molar-refractivity contribution in [2.45, 2.75) is 97.6 Å². The number of aliphatic hydroxyl groups is 1. The Balaban J connectivity index is 1.68. The summed E-state index contributed by atoms with van der Waals surface area (Å²) < 4.78 is 5.03. The van der Waals surface area contributed by atoms with Crippen molar-refractivity contribution in [3.8, 4) is 6.07 Å². The van der Waals surface area contributed by atoms with Crippen molar-refractivity contribution in [1.82, 2.24) is 5.32 Å². The molecule has 0 spiro atoms. The predicted octanol–water partition coefficient (Wildman–Crippen LogP) is 5.04. The summed E-state index contributed by atoms with van der Waals surface area (Å²) in [5.74, 6) is -1.18. The average Bonchev–Trinajstić information content (AvgIpc) is 2.83. The maximum Gasteiger partial charge on any atom is 0.407 e. The molecule has 0 heterocycles. The zero-order valence-corrected chi connectivity index (χ0v) is 23.9. The van der Waals surface area contributed by atoms with Gasteiger partial charge in [0.1, 0.15) is 11.7 Å². The van der Waals surface area contributed by atoms with Crippen molar-refractivity contribution in [3.63, 3.8) is 0 Å². The number of rotatable bonds is 1. The molecule has 0 aromatic heterocycles. The third-order valence-corrected chi connectivity index (χ3v) is 12.1. The van der Waals surface area contributed by atoms with Gasteiger partial charge in [0.25, 0.3) is 0 Å². The molecule has 0 saturated heterocycles. The number of fused-ring (bicyclic) bond motifs is 7. The number of hydrogen-bond donors (Lipinski definition) is 2. The number of alkyl carbamates (subject to hydrolysis) is 1. The Hall–Kier alpha value is -2.46. The van der Waals surface area contributed by atoms with Crippen molar-refractivity contribution in [3.05, 3.63) is 23.3 Å². The molecule has 5 rings (SSSR count). The zero-order chi connectivity index (χ0) is 28.1. The van der Waals surface area contributed by atoms with Crippen molar-refractivity contribution in [2.24, 2.45) is 39.4 Å². The Morgan fingerprint density at radius 2 is 1.74 bits per heavy atom. The van der Waals surface area contributed by atoms with E-state index >= 15 is 0 Å². The molecule has 7 nitrogen and oxygen atoms in total. The molecule has 206 valence electrons. The second-order valence-electron chi connectivity index (χ2n) is 14.5.